The van der Waals surface area contributed by atoms with Crippen LogP contribution in [0.15, 0.2) is 36.5 Å². The van der Waals surface area contributed by atoms with Gasteiger partial charge in [-0.1, -0.05) is 42.8 Å². The molecule has 2 aromatic heterocycles. The van der Waals surface area contributed by atoms with Crippen molar-refractivity contribution >= 4 is 22.5 Å². The number of rotatable bonds is 3. The van der Waals surface area contributed by atoms with Crippen LogP contribution < -0.4 is 0 Å². The Bertz CT molecular complexity index is 794. The summed E-state index contributed by atoms with van der Waals surface area (Å²) in [5, 5.41) is 1.62. The molecule has 0 N–H and O–H groups in total. The Balaban J connectivity index is 2.27. The number of halogens is 1. The van der Waals surface area contributed by atoms with Crippen LogP contribution in [-0.2, 0) is 6.42 Å². The number of pyridine rings is 1. The minimum atomic E-state index is 0.524. The summed E-state index contributed by atoms with van der Waals surface area (Å²) < 4.78 is 0. The zero-order valence-corrected chi connectivity index (χ0v) is 12.9. The van der Waals surface area contributed by atoms with Gasteiger partial charge in [0.05, 0.1) is 11.2 Å². The molecule has 0 fully saturated rings. The van der Waals surface area contributed by atoms with Gasteiger partial charge < -0.3 is 0 Å². The molecule has 3 nitrogen and oxygen atoms in total. The largest absolute Gasteiger partial charge is 0.256 e. The van der Waals surface area contributed by atoms with Crippen LogP contribution in [0, 0.1) is 6.92 Å². The third kappa shape index (κ3) is 2.61. The summed E-state index contributed by atoms with van der Waals surface area (Å²) in [5.41, 5.74) is 3.73. The molecule has 0 aliphatic rings. The summed E-state index contributed by atoms with van der Waals surface area (Å²) in [6, 6.07) is 10.1. The highest BCUT2D eigenvalue weighted by atomic mass is 35.5. The lowest BCUT2D eigenvalue weighted by molar-refractivity contribution is 0.833. The van der Waals surface area contributed by atoms with Gasteiger partial charge in [0.25, 0.3) is 0 Å². The van der Waals surface area contributed by atoms with E-state index in [0.29, 0.717) is 5.15 Å². The second kappa shape index (κ2) is 5.78. The number of hydrogen-bond donors (Lipinski definition) is 0. The van der Waals surface area contributed by atoms with Crippen molar-refractivity contribution in [3.8, 4) is 11.3 Å². The quantitative estimate of drug-likeness (QED) is 0.663. The monoisotopic (exact) mass is 297 g/mol. The Morgan fingerprint density at radius 1 is 1.10 bits per heavy atom. The lowest BCUT2D eigenvalue weighted by atomic mass is 10.0. The van der Waals surface area contributed by atoms with Crippen molar-refractivity contribution in [3.63, 3.8) is 0 Å². The van der Waals surface area contributed by atoms with E-state index in [1.807, 2.05) is 25.1 Å². The third-order valence-corrected chi connectivity index (χ3v) is 3.86. The minimum absolute atomic E-state index is 0.524. The van der Waals surface area contributed by atoms with Crippen LogP contribution in [0.25, 0.3) is 22.2 Å². The molecule has 0 aliphatic heterocycles. The summed E-state index contributed by atoms with van der Waals surface area (Å²) >= 11 is 6.28. The van der Waals surface area contributed by atoms with E-state index >= 15 is 0 Å². The molecule has 4 heteroatoms. The summed E-state index contributed by atoms with van der Waals surface area (Å²) in [4.78, 5) is 13.6. The summed E-state index contributed by atoms with van der Waals surface area (Å²) in [5.74, 6) is 0.788. The molecule has 2 heterocycles. The van der Waals surface area contributed by atoms with Crippen molar-refractivity contribution in [2.24, 2.45) is 0 Å². The third-order valence-electron chi connectivity index (χ3n) is 3.49. The maximum absolute atomic E-state index is 6.28. The Kier molecular flexibility index (Phi) is 3.84. The van der Waals surface area contributed by atoms with Gasteiger partial charge in [0.1, 0.15) is 11.0 Å². The minimum Gasteiger partial charge on any atom is -0.256 e. The van der Waals surface area contributed by atoms with Crippen molar-refractivity contribution in [3.05, 3.63) is 53.1 Å². The molecule has 0 amide bonds. The van der Waals surface area contributed by atoms with E-state index < -0.39 is 0 Å². The van der Waals surface area contributed by atoms with Gasteiger partial charge in [-0.25, -0.2) is 9.97 Å². The van der Waals surface area contributed by atoms with E-state index in [9.17, 15) is 0 Å². The fraction of sp³-hybridized carbons (Fsp3) is 0.235. The van der Waals surface area contributed by atoms with Crippen molar-refractivity contribution < 1.29 is 0 Å². The van der Waals surface area contributed by atoms with Crippen LogP contribution in [0.5, 0.6) is 0 Å². The van der Waals surface area contributed by atoms with Gasteiger partial charge in [0, 0.05) is 29.1 Å². The molecule has 0 saturated heterocycles. The number of para-hydroxylation sites is 1. The normalized spacial score (nSPS) is 11.0. The summed E-state index contributed by atoms with van der Waals surface area (Å²) in [6.07, 6.45) is 3.62. The molecule has 0 atom stereocenters. The topological polar surface area (TPSA) is 38.7 Å². The van der Waals surface area contributed by atoms with E-state index in [4.69, 9.17) is 16.6 Å². The zero-order chi connectivity index (χ0) is 14.8. The van der Waals surface area contributed by atoms with E-state index in [1.54, 1.807) is 6.20 Å². The molecule has 0 saturated carbocycles. The van der Waals surface area contributed by atoms with Crippen molar-refractivity contribution in [1.29, 1.82) is 0 Å². The molecule has 3 aromatic rings. The molecule has 0 radical (unpaired) electrons. The average molecular weight is 298 g/mol. The lowest BCUT2D eigenvalue weighted by Crippen LogP contribution is -2.01. The highest BCUT2D eigenvalue weighted by Gasteiger charge is 2.13. The van der Waals surface area contributed by atoms with E-state index in [-0.39, 0.29) is 0 Å². The highest BCUT2D eigenvalue weighted by Crippen LogP contribution is 2.30. The number of aromatic nitrogens is 3. The second-order valence-corrected chi connectivity index (χ2v) is 5.39. The Hall–Kier alpha value is -2.00. The standard InChI is InChI=1S/C17H16ClN3/c1-3-6-14-20-15(11(2)17(18)21-14)13-9-4-7-12-8-5-10-19-16(12)13/h4-5,7-10H,3,6H2,1-2H3. The van der Waals surface area contributed by atoms with Crippen molar-refractivity contribution in [2.75, 3.05) is 0 Å². The molecule has 106 valence electrons. The fourth-order valence-electron chi connectivity index (χ4n) is 2.43. The average Bonchev–Trinajstić information content (AvgIpc) is 2.50. The van der Waals surface area contributed by atoms with Gasteiger partial charge >= 0.3 is 0 Å². The van der Waals surface area contributed by atoms with Crippen LogP contribution >= 0.6 is 11.6 Å². The van der Waals surface area contributed by atoms with E-state index in [2.05, 4.69) is 29.0 Å². The smallest absolute Gasteiger partial charge is 0.136 e. The summed E-state index contributed by atoms with van der Waals surface area (Å²) in [7, 11) is 0. The number of fused-ring (bicyclic) bond motifs is 1. The lowest BCUT2D eigenvalue weighted by Gasteiger charge is -2.11. The highest BCUT2D eigenvalue weighted by molar-refractivity contribution is 6.30. The Morgan fingerprint density at radius 2 is 1.90 bits per heavy atom. The van der Waals surface area contributed by atoms with Gasteiger partial charge in [0.2, 0.25) is 0 Å². The molecule has 0 spiro atoms. The second-order valence-electron chi connectivity index (χ2n) is 5.03. The molecule has 0 bridgehead atoms. The Morgan fingerprint density at radius 3 is 2.71 bits per heavy atom. The maximum atomic E-state index is 6.28. The fourth-order valence-corrected chi connectivity index (χ4v) is 2.61. The molecular weight excluding hydrogens is 282 g/mol. The zero-order valence-electron chi connectivity index (χ0n) is 12.1. The van der Waals surface area contributed by atoms with Gasteiger partial charge in [-0.15, -0.1) is 0 Å². The maximum Gasteiger partial charge on any atom is 0.136 e. The SMILES string of the molecule is CCCc1nc(Cl)c(C)c(-c2cccc3cccnc23)n1. The molecule has 0 aliphatic carbocycles. The van der Waals surface area contributed by atoms with Gasteiger partial charge in [0.15, 0.2) is 0 Å². The van der Waals surface area contributed by atoms with Gasteiger partial charge in [-0.2, -0.15) is 0 Å². The van der Waals surface area contributed by atoms with Crippen LogP contribution in [0.4, 0.5) is 0 Å². The van der Waals surface area contributed by atoms with Gasteiger partial charge in [-0.05, 0) is 19.4 Å². The first-order valence-electron chi connectivity index (χ1n) is 7.08. The van der Waals surface area contributed by atoms with E-state index in [0.717, 1.165) is 46.4 Å². The number of benzene rings is 1. The predicted molar refractivity (Wildman–Crippen MR) is 86.5 cm³/mol. The number of aryl methyl sites for hydroxylation is 1. The van der Waals surface area contributed by atoms with Crippen LogP contribution in [0.3, 0.4) is 0 Å². The number of nitrogens with zero attached hydrogens (tertiary/aromatic N) is 3. The molecular formula is C17H16ClN3. The molecule has 21 heavy (non-hydrogen) atoms. The first kappa shape index (κ1) is 14.0. The number of hydrogen-bond acceptors (Lipinski definition) is 3. The van der Waals surface area contributed by atoms with Gasteiger partial charge in [-0.3, -0.25) is 4.98 Å². The molecule has 3 rings (SSSR count). The van der Waals surface area contributed by atoms with Crippen LogP contribution in [-0.4, -0.2) is 15.0 Å². The molecule has 0 unspecified atom stereocenters. The van der Waals surface area contributed by atoms with Crippen molar-refractivity contribution in [1.82, 2.24) is 15.0 Å². The van der Waals surface area contributed by atoms with E-state index in [1.165, 1.54) is 0 Å². The molecule has 1 aromatic carbocycles. The van der Waals surface area contributed by atoms with Crippen molar-refractivity contribution in [2.45, 2.75) is 26.7 Å². The first-order chi connectivity index (χ1) is 10.2. The van der Waals surface area contributed by atoms with Crippen LogP contribution in [0.1, 0.15) is 24.7 Å². The van der Waals surface area contributed by atoms with Crippen LogP contribution in [0.2, 0.25) is 5.15 Å². The first-order valence-corrected chi connectivity index (χ1v) is 7.45. The Labute approximate surface area is 129 Å². The predicted octanol–water partition coefficient (Wildman–Crippen LogP) is 4.61. The summed E-state index contributed by atoms with van der Waals surface area (Å²) in [6.45, 7) is 4.06.